The van der Waals surface area contributed by atoms with E-state index in [0.29, 0.717) is 38.4 Å². The van der Waals surface area contributed by atoms with E-state index in [1.807, 2.05) is 11.0 Å². The Kier molecular flexibility index (Phi) is 5.72. The van der Waals surface area contributed by atoms with Gasteiger partial charge in [0.15, 0.2) is 0 Å². The van der Waals surface area contributed by atoms with Gasteiger partial charge >= 0.3 is 0 Å². The van der Waals surface area contributed by atoms with Gasteiger partial charge in [-0.05, 0) is 30.5 Å². The van der Waals surface area contributed by atoms with Crippen LogP contribution in [0.3, 0.4) is 0 Å². The first-order chi connectivity index (χ1) is 11.7. The molecule has 0 N–H and O–H groups in total. The fourth-order valence-corrected chi connectivity index (χ4v) is 3.61. The number of furan rings is 1. The summed E-state index contributed by atoms with van der Waals surface area (Å²) in [6.45, 7) is 2.50. The maximum atomic E-state index is 12.3. The van der Waals surface area contributed by atoms with Crippen LogP contribution in [0.4, 0.5) is 0 Å². The molecule has 0 aromatic carbocycles. The Morgan fingerprint density at radius 2 is 1.83 bits per heavy atom. The summed E-state index contributed by atoms with van der Waals surface area (Å²) in [7, 11) is 0. The number of hydrogen-bond donors (Lipinski definition) is 0. The molecular formula is C19H26N2O3. The van der Waals surface area contributed by atoms with Crippen molar-refractivity contribution in [2.75, 3.05) is 26.2 Å². The topological polar surface area (TPSA) is 53.8 Å². The number of hydrogen-bond acceptors (Lipinski definition) is 3. The minimum atomic E-state index is -0.0237. The second-order valence-electron chi connectivity index (χ2n) is 6.74. The molecular weight excluding hydrogens is 304 g/mol. The summed E-state index contributed by atoms with van der Waals surface area (Å²) in [5.74, 6) is 1.65. The first-order valence-corrected chi connectivity index (χ1v) is 9.00. The minimum absolute atomic E-state index is 0.0237. The number of piperazine rings is 1. The zero-order valence-corrected chi connectivity index (χ0v) is 14.2. The van der Waals surface area contributed by atoms with E-state index in [9.17, 15) is 9.59 Å². The third-order valence-corrected chi connectivity index (χ3v) is 5.12. The molecule has 1 aromatic heterocycles. The fourth-order valence-electron chi connectivity index (χ4n) is 3.61. The van der Waals surface area contributed by atoms with Gasteiger partial charge in [-0.2, -0.15) is 0 Å². The summed E-state index contributed by atoms with van der Waals surface area (Å²) in [4.78, 5) is 28.2. The summed E-state index contributed by atoms with van der Waals surface area (Å²) in [6, 6.07) is 3.60. The Bertz CT molecular complexity index is 565. The highest BCUT2D eigenvalue weighted by molar-refractivity contribution is 5.91. The lowest BCUT2D eigenvalue weighted by molar-refractivity contribution is -0.137. The zero-order valence-electron chi connectivity index (χ0n) is 14.2. The standard InChI is InChI=1S/C19H26N2O3/c22-18(9-7-16-4-1-2-5-16)20-11-13-21(14-12-20)19(23)10-8-17-6-3-15-24-17/h3,6,8,10,15-16H,1-2,4-5,7,9,11-14H2/b10-8+. The molecule has 1 aliphatic heterocycles. The van der Waals surface area contributed by atoms with Gasteiger partial charge in [-0.1, -0.05) is 25.7 Å². The van der Waals surface area contributed by atoms with Crippen LogP contribution in [-0.4, -0.2) is 47.8 Å². The van der Waals surface area contributed by atoms with Crippen molar-refractivity contribution in [3.63, 3.8) is 0 Å². The monoisotopic (exact) mass is 330 g/mol. The Labute approximate surface area is 143 Å². The van der Waals surface area contributed by atoms with E-state index in [0.717, 1.165) is 12.3 Å². The summed E-state index contributed by atoms with van der Waals surface area (Å²) < 4.78 is 5.18. The largest absolute Gasteiger partial charge is 0.465 e. The highest BCUT2D eigenvalue weighted by atomic mass is 16.3. The van der Waals surface area contributed by atoms with E-state index in [1.54, 1.807) is 23.3 Å². The molecule has 0 unspecified atom stereocenters. The van der Waals surface area contributed by atoms with Crippen molar-refractivity contribution in [2.24, 2.45) is 5.92 Å². The van der Waals surface area contributed by atoms with E-state index in [1.165, 1.54) is 31.8 Å². The predicted molar refractivity (Wildman–Crippen MR) is 92.1 cm³/mol. The van der Waals surface area contributed by atoms with Crippen molar-refractivity contribution in [3.05, 3.63) is 30.2 Å². The number of nitrogens with zero attached hydrogens (tertiary/aromatic N) is 2. The van der Waals surface area contributed by atoms with Gasteiger partial charge in [0.2, 0.25) is 11.8 Å². The van der Waals surface area contributed by atoms with Crippen LogP contribution in [0.25, 0.3) is 6.08 Å². The number of amides is 2. The molecule has 0 radical (unpaired) electrons. The molecule has 24 heavy (non-hydrogen) atoms. The molecule has 0 spiro atoms. The summed E-state index contributed by atoms with van der Waals surface area (Å²) in [5, 5.41) is 0. The highest BCUT2D eigenvalue weighted by Gasteiger charge is 2.24. The van der Waals surface area contributed by atoms with Crippen molar-refractivity contribution in [2.45, 2.75) is 38.5 Å². The number of carbonyl (C=O) groups is 2. The van der Waals surface area contributed by atoms with Crippen molar-refractivity contribution >= 4 is 17.9 Å². The highest BCUT2D eigenvalue weighted by Crippen LogP contribution is 2.28. The summed E-state index contributed by atoms with van der Waals surface area (Å²) >= 11 is 0. The lowest BCUT2D eigenvalue weighted by Crippen LogP contribution is -2.50. The van der Waals surface area contributed by atoms with Crippen LogP contribution in [0.1, 0.15) is 44.3 Å². The molecule has 1 saturated carbocycles. The van der Waals surface area contributed by atoms with Gasteiger partial charge in [0.25, 0.3) is 0 Å². The lowest BCUT2D eigenvalue weighted by Gasteiger charge is -2.34. The molecule has 1 aliphatic carbocycles. The molecule has 2 aliphatic rings. The van der Waals surface area contributed by atoms with Crippen LogP contribution in [-0.2, 0) is 9.59 Å². The first kappa shape index (κ1) is 16.8. The van der Waals surface area contributed by atoms with E-state index in [4.69, 9.17) is 4.42 Å². The van der Waals surface area contributed by atoms with Crippen molar-refractivity contribution in [1.82, 2.24) is 9.80 Å². The molecule has 5 nitrogen and oxygen atoms in total. The average molecular weight is 330 g/mol. The second kappa shape index (κ2) is 8.18. The van der Waals surface area contributed by atoms with Gasteiger partial charge in [-0.25, -0.2) is 0 Å². The van der Waals surface area contributed by atoms with Gasteiger partial charge in [0.1, 0.15) is 5.76 Å². The first-order valence-electron chi connectivity index (χ1n) is 9.00. The molecule has 2 amide bonds. The summed E-state index contributed by atoms with van der Waals surface area (Å²) in [6.07, 6.45) is 11.7. The number of carbonyl (C=O) groups excluding carboxylic acids is 2. The third kappa shape index (κ3) is 4.49. The van der Waals surface area contributed by atoms with Crippen LogP contribution in [0.5, 0.6) is 0 Å². The van der Waals surface area contributed by atoms with Crippen LogP contribution >= 0.6 is 0 Å². The Hall–Kier alpha value is -2.04. The van der Waals surface area contributed by atoms with E-state index < -0.39 is 0 Å². The van der Waals surface area contributed by atoms with Gasteiger partial charge in [-0.3, -0.25) is 9.59 Å². The normalized spacial score (nSPS) is 19.3. The summed E-state index contributed by atoms with van der Waals surface area (Å²) in [5.41, 5.74) is 0. The predicted octanol–water partition coefficient (Wildman–Crippen LogP) is 2.93. The maximum absolute atomic E-state index is 12.3. The van der Waals surface area contributed by atoms with Crippen molar-refractivity contribution in [1.29, 1.82) is 0 Å². The molecule has 1 aromatic rings. The molecule has 2 fully saturated rings. The molecule has 0 atom stereocenters. The zero-order chi connectivity index (χ0) is 16.8. The van der Waals surface area contributed by atoms with Crippen LogP contribution in [0.2, 0.25) is 0 Å². The van der Waals surface area contributed by atoms with E-state index >= 15 is 0 Å². The Morgan fingerprint density at radius 3 is 2.50 bits per heavy atom. The Morgan fingerprint density at radius 1 is 1.12 bits per heavy atom. The molecule has 5 heteroatoms. The van der Waals surface area contributed by atoms with Gasteiger partial charge < -0.3 is 14.2 Å². The van der Waals surface area contributed by atoms with Crippen LogP contribution in [0.15, 0.2) is 28.9 Å². The Balaban J connectivity index is 1.39. The average Bonchev–Trinajstić information content (AvgIpc) is 3.31. The van der Waals surface area contributed by atoms with E-state index in [2.05, 4.69) is 0 Å². The molecule has 130 valence electrons. The maximum Gasteiger partial charge on any atom is 0.246 e. The van der Waals surface area contributed by atoms with Crippen LogP contribution in [0, 0.1) is 5.92 Å². The SMILES string of the molecule is O=C(/C=C/c1ccco1)N1CCN(C(=O)CCC2CCCC2)CC1. The lowest BCUT2D eigenvalue weighted by atomic mass is 10.0. The minimum Gasteiger partial charge on any atom is -0.465 e. The van der Waals surface area contributed by atoms with Gasteiger partial charge in [-0.15, -0.1) is 0 Å². The van der Waals surface area contributed by atoms with E-state index in [-0.39, 0.29) is 11.8 Å². The van der Waals surface area contributed by atoms with Gasteiger partial charge in [0.05, 0.1) is 6.26 Å². The van der Waals surface area contributed by atoms with Gasteiger partial charge in [0, 0.05) is 38.7 Å². The molecule has 3 rings (SSSR count). The molecule has 1 saturated heterocycles. The smallest absolute Gasteiger partial charge is 0.246 e. The van der Waals surface area contributed by atoms with Crippen LogP contribution < -0.4 is 0 Å². The molecule has 2 heterocycles. The second-order valence-corrected chi connectivity index (χ2v) is 6.74. The quantitative estimate of drug-likeness (QED) is 0.780. The fraction of sp³-hybridized carbons (Fsp3) is 0.579. The van der Waals surface area contributed by atoms with Crippen molar-refractivity contribution in [3.8, 4) is 0 Å². The third-order valence-electron chi connectivity index (χ3n) is 5.12. The van der Waals surface area contributed by atoms with Crippen molar-refractivity contribution < 1.29 is 14.0 Å². The molecule has 0 bridgehead atoms. The number of rotatable bonds is 5.